The molecular weight excluding hydrogens is 320 g/mol. The number of rotatable bonds is 7. The first-order valence-electron chi connectivity index (χ1n) is 7.17. The normalized spacial score (nSPS) is 11.0. The maximum absolute atomic E-state index is 13.1. The second kappa shape index (κ2) is 7.18. The van der Waals surface area contributed by atoms with Crippen LogP contribution < -0.4 is 10.1 Å². The number of fused-ring (bicyclic) bond motifs is 1. The highest BCUT2D eigenvalue weighted by molar-refractivity contribution is 5.44. The Labute approximate surface area is 136 Å². The van der Waals surface area contributed by atoms with Gasteiger partial charge in [0.05, 0.1) is 18.8 Å². The molecule has 0 fully saturated rings. The molecule has 3 aromatic rings. The zero-order chi connectivity index (χ0) is 16.9. The molecule has 2 heterocycles. The standard InChI is InChI=1S/C15H15F2N5O2/c1-23-8-10-6-14(22-15(21-10)19-9-20-22)18-4-5-24-11-2-3-12(16)13(17)7-11/h2-3,6-7,9,18H,4-5,8H2,1H3. The minimum atomic E-state index is -0.942. The van der Waals surface area contributed by atoms with Gasteiger partial charge >= 0.3 is 0 Å². The van der Waals surface area contributed by atoms with Gasteiger partial charge in [0.1, 0.15) is 24.5 Å². The van der Waals surface area contributed by atoms with Crippen molar-refractivity contribution in [2.24, 2.45) is 0 Å². The Hall–Kier alpha value is -2.81. The second-order valence-electron chi connectivity index (χ2n) is 4.89. The quantitative estimate of drug-likeness (QED) is 0.666. The predicted octanol–water partition coefficient (Wildman–Crippen LogP) is 2.04. The van der Waals surface area contributed by atoms with E-state index in [2.05, 4.69) is 20.4 Å². The molecule has 7 nitrogen and oxygen atoms in total. The Morgan fingerprint density at radius 1 is 1.21 bits per heavy atom. The van der Waals surface area contributed by atoms with Crippen LogP contribution in [0.4, 0.5) is 14.6 Å². The molecule has 2 aromatic heterocycles. The molecule has 0 aliphatic carbocycles. The molecule has 3 rings (SSSR count). The van der Waals surface area contributed by atoms with Crippen molar-refractivity contribution in [2.45, 2.75) is 6.61 Å². The number of nitrogens with zero attached hydrogens (tertiary/aromatic N) is 4. The Morgan fingerprint density at radius 3 is 2.88 bits per heavy atom. The van der Waals surface area contributed by atoms with Crippen LogP contribution in [0.25, 0.3) is 5.78 Å². The Morgan fingerprint density at radius 2 is 2.08 bits per heavy atom. The van der Waals surface area contributed by atoms with Crippen LogP contribution >= 0.6 is 0 Å². The van der Waals surface area contributed by atoms with Gasteiger partial charge in [-0.25, -0.2) is 13.8 Å². The minimum Gasteiger partial charge on any atom is -0.492 e. The molecule has 0 spiro atoms. The van der Waals surface area contributed by atoms with Crippen molar-refractivity contribution in [3.63, 3.8) is 0 Å². The predicted molar refractivity (Wildman–Crippen MR) is 81.8 cm³/mol. The molecule has 24 heavy (non-hydrogen) atoms. The van der Waals surface area contributed by atoms with E-state index in [9.17, 15) is 8.78 Å². The summed E-state index contributed by atoms with van der Waals surface area (Å²) in [6.07, 6.45) is 1.40. The monoisotopic (exact) mass is 335 g/mol. The van der Waals surface area contributed by atoms with Crippen molar-refractivity contribution in [3.05, 3.63) is 47.9 Å². The van der Waals surface area contributed by atoms with E-state index < -0.39 is 11.6 Å². The summed E-state index contributed by atoms with van der Waals surface area (Å²) in [4.78, 5) is 8.35. The van der Waals surface area contributed by atoms with Crippen LogP contribution in [0.3, 0.4) is 0 Å². The Bertz CT molecular complexity index is 840. The molecule has 1 aromatic carbocycles. The lowest BCUT2D eigenvalue weighted by atomic mass is 10.3. The van der Waals surface area contributed by atoms with Gasteiger partial charge in [-0.3, -0.25) is 0 Å². The van der Waals surface area contributed by atoms with Crippen LogP contribution in [-0.2, 0) is 11.3 Å². The van der Waals surface area contributed by atoms with Crippen LogP contribution in [0, 0.1) is 11.6 Å². The molecule has 0 amide bonds. The molecule has 0 aliphatic rings. The van der Waals surface area contributed by atoms with E-state index in [1.54, 1.807) is 17.7 Å². The van der Waals surface area contributed by atoms with Gasteiger partial charge in [0.25, 0.3) is 5.78 Å². The molecule has 9 heteroatoms. The number of benzene rings is 1. The molecule has 0 saturated carbocycles. The average molecular weight is 335 g/mol. The fraction of sp³-hybridized carbons (Fsp3) is 0.267. The lowest BCUT2D eigenvalue weighted by Crippen LogP contribution is -2.15. The second-order valence-corrected chi connectivity index (χ2v) is 4.89. The number of hydrogen-bond acceptors (Lipinski definition) is 6. The van der Waals surface area contributed by atoms with Crippen molar-refractivity contribution in [3.8, 4) is 5.75 Å². The Kier molecular flexibility index (Phi) is 4.80. The first-order valence-corrected chi connectivity index (χ1v) is 7.17. The van der Waals surface area contributed by atoms with E-state index in [0.29, 0.717) is 30.4 Å². The van der Waals surface area contributed by atoms with Gasteiger partial charge in [-0.2, -0.15) is 14.6 Å². The number of halogens is 2. The first kappa shape index (κ1) is 16.1. The number of methoxy groups -OCH3 is 1. The molecule has 126 valence electrons. The van der Waals surface area contributed by atoms with Crippen molar-refractivity contribution in [2.75, 3.05) is 25.6 Å². The van der Waals surface area contributed by atoms with Crippen LogP contribution in [-0.4, -0.2) is 39.8 Å². The average Bonchev–Trinajstić information content (AvgIpc) is 3.03. The van der Waals surface area contributed by atoms with Gasteiger partial charge in [-0.1, -0.05) is 0 Å². The fourth-order valence-corrected chi connectivity index (χ4v) is 2.12. The van der Waals surface area contributed by atoms with Crippen LogP contribution in [0.5, 0.6) is 5.75 Å². The van der Waals surface area contributed by atoms with Crippen LogP contribution in [0.2, 0.25) is 0 Å². The topological polar surface area (TPSA) is 73.6 Å². The van der Waals surface area contributed by atoms with E-state index in [-0.39, 0.29) is 12.4 Å². The first-order chi connectivity index (χ1) is 11.7. The number of hydrogen-bond donors (Lipinski definition) is 1. The summed E-state index contributed by atoms with van der Waals surface area (Å²) in [7, 11) is 1.58. The third kappa shape index (κ3) is 3.57. The largest absolute Gasteiger partial charge is 0.492 e. The summed E-state index contributed by atoms with van der Waals surface area (Å²) in [5.74, 6) is -0.456. The maximum Gasteiger partial charge on any atom is 0.254 e. The summed E-state index contributed by atoms with van der Waals surface area (Å²) in [5, 5.41) is 7.23. The number of anilines is 1. The van der Waals surface area contributed by atoms with E-state index in [1.807, 2.05) is 0 Å². The molecule has 0 unspecified atom stereocenters. The highest BCUT2D eigenvalue weighted by atomic mass is 19.2. The third-order valence-corrected chi connectivity index (χ3v) is 3.17. The molecule has 0 radical (unpaired) electrons. The lowest BCUT2D eigenvalue weighted by Gasteiger charge is -2.11. The van der Waals surface area contributed by atoms with E-state index >= 15 is 0 Å². The summed E-state index contributed by atoms with van der Waals surface area (Å²) >= 11 is 0. The highest BCUT2D eigenvalue weighted by Gasteiger charge is 2.08. The van der Waals surface area contributed by atoms with Crippen molar-refractivity contribution >= 4 is 11.6 Å². The van der Waals surface area contributed by atoms with Gasteiger partial charge in [0.2, 0.25) is 0 Å². The molecule has 0 bridgehead atoms. The zero-order valence-electron chi connectivity index (χ0n) is 12.9. The molecular formula is C15H15F2N5O2. The van der Waals surface area contributed by atoms with Gasteiger partial charge in [-0.15, -0.1) is 0 Å². The Balaban J connectivity index is 1.62. The molecule has 0 aliphatic heterocycles. The fourth-order valence-electron chi connectivity index (χ4n) is 2.12. The zero-order valence-corrected chi connectivity index (χ0v) is 12.9. The summed E-state index contributed by atoms with van der Waals surface area (Å²) in [6.45, 7) is 1.02. The van der Waals surface area contributed by atoms with Crippen molar-refractivity contribution in [1.29, 1.82) is 0 Å². The maximum atomic E-state index is 13.1. The van der Waals surface area contributed by atoms with E-state index in [0.717, 1.165) is 12.1 Å². The van der Waals surface area contributed by atoms with Crippen molar-refractivity contribution < 1.29 is 18.3 Å². The van der Waals surface area contributed by atoms with Crippen molar-refractivity contribution in [1.82, 2.24) is 19.6 Å². The smallest absolute Gasteiger partial charge is 0.254 e. The summed E-state index contributed by atoms with van der Waals surface area (Å²) < 4.78 is 38.0. The van der Waals surface area contributed by atoms with Gasteiger partial charge in [-0.05, 0) is 12.1 Å². The molecule has 1 N–H and O–H groups in total. The van der Waals surface area contributed by atoms with Gasteiger partial charge < -0.3 is 14.8 Å². The summed E-state index contributed by atoms with van der Waals surface area (Å²) in [6, 6.07) is 5.20. The lowest BCUT2D eigenvalue weighted by molar-refractivity contribution is 0.181. The summed E-state index contributed by atoms with van der Waals surface area (Å²) in [5.41, 5.74) is 0.710. The number of nitrogens with one attached hydrogen (secondary N) is 1. The SMILES string of the molecule is COCc1cc(NCCOc2ccc(F)c(F)c2)n2ncnc2n1. The minimum absolute atomic E-state index is 0.253. The number of ether oxygens (including phenoxy) is 2. The third-order valence-electron chi connectivity index (χ3n) is 3.17. The highest BCUT2D eigenvalue weighted by Crippen LogP contribution is 2.15. The van der Waals surface area contributed by atoms with E-state index in [4.69, 9.17) is 9.47 Å². The van der Waals surface area contributed by atoms with Crippen LogP contribution in [0.15, 0.2) is 30.6 Å². The molecule has 0 atom stereocenters. The van der Waals surface area contributed by atoms with Gasteiger partial charge in [0, 0.05) is 19.2 Å². The number of aromatic nitrogens is 4. The molecule has 0 saturated heterocycles. The van der Waals surface area contributed by atoms with Crippen LogP contribution in [0.1, 0.15) is 5.69 Å². The van der Waals surface area contributed by atoms with E-state index in [1.165, 1.54) is 12.4 Å². The van der Waals surface area contributed by atoms with Gasteiger partial charge in [0.15, 0.2) is 11.6 Å².